The molecule has 0 aromatic heterocycles. The molecule has 2 aromatic carbocycles. The monoisotopic (exact) mass is 282 g/mol. The molecule has 1 amide bonds. The molecule has 0 bridgehead atoms. The zero-order chi connectivity index (χ0) is 15.2. The summed E-state index contributed by atoms with van der Waals surface area (Å²) in [5.74, 6) is -0.0473. The highest BCUT2D eigenvalue weighted by molar-refractivity contribution is 5.99. The first kappa shape index (κ1) is 15.1. The lowest BCUT2D eigenvalue weighted by atomic mass is 10.0. The number of amides is 1. The van der Waals surface area contributed by atoms with E-state index in [0.717, 1.165) is 17.7 Å². The summed E-state index contributed by atoms with van der Waals surface area (Å²) in [5, 5.41) is 6.08. The minimum atomic E-state index is -0.0473. The molecule has 2 aromatic rings. The molecule has 2 rings (SSSR count). The number of rotatable bonds is 5. The Morgan fingerprint density at radius 2 is 1.81 bits per heavy atom. The van der Waals surface area contributed by atoms with Crippen LogP contribution in [0.3, 0.4) is 0 Å². The van der Waals surface area contributed by atoms with Crippen molar-refractivity contribution in [3.63, 3.8) is 0 Å². The highest BCUT2D eigenvalue weighted by Crippen LogP contribution is 2.17. The quantitative estimate of drug-likeness (QED) is 0.881. The van der Waals surface area contributed by atoms with E-state index in [-0.39, 0.29) is 5.91 Å². The largest absolute Gasteiger partial charge is 0.387 e. The summed E-state index contributed by atoms with van der Waals surface area (Å²) in [7, 11) is 1.83. The predicted molar refractivity (Wildman–Crippen MR) is 87.7 cm³/mol. The van der Waals surface area contributed by atoms with Gasteiger partial charge >= 0.3 is 0 Å². The second kappa shape index (κ2) is 6.93. The summed E-state index contributed by atoms with van der Waals surface area (Å²) in [6.45, 7) is 4.67. The van der Waals surface area contributed by atoms with Gasteiger partial charge in [-0.25, -0.2) is 0 Å². The molecule has 0 aliphatic heterocycles. The molecule has 110 valence electrons. The van der Waals surface area contributed by atoms with Gasteiger partial charge in [0.15, 0.2) is 0 Å². The summed E-state index contributed by atoms with van der Waals surface area (Å²) in [6.07, 6.45) is 0.970. The zero-order valence-electron chi connectivity index (χ0n) is 12.9. The molecule has 0 aliphatic rings. The van der Waals surface area contributed by atoms with Crippen LogP contribution in [0.1, 0.15) is 34.0 Å². The van der Waals surface area contributed by atoms with Crippen molar-refractivity contribution in [1.82, 2.24) is 5.32 Å². The van der Waals surface area contributed by atoms with Crippen LogP contribution in [0.25, 0.3) is 0 Å². The van der Waals surface area contributed by atoms with Gasteiger partial charge in [0.2, 0.25) is 0 Å². The van der Waals surface area contributed by atoms with Gasteiger partial charge in [0.1, 0.15) is 0 Å². The second-order valence-corrected chi connectivity index (χ2v) is 5.10. The van der Waals surface area contributed by atoms with Gasteiger partial charge in [-0.15, -0.1) is 0 Å². The van der Waals surface area contributed by atoms with E-state index in [4.69, 9.17) is 0 Å². The third kappa shape index (κ3) is 3.63. The van der Waals surface area contributed by atoms with Gasteiger partial charge in [0.25, 0.3) is 5.91 Å². The van der Waals surface area contributed by atoms with Gasteiger partial charge in [0, 0.05) is 19.3 Å². The maximum Gasteiger partial charge on any atom is 0.253 e. The summed E-state index contributed by atoms with van der Waals surface area (Å²) in [4.78, 5) is 12.4. The lowest BCUT2D eigenvalue weighted by molar-refractivity contribution is 0.0951. The molecule has 0 unspecified atom stereocenters. The van der Waals surface area contributed by atoms with Gasteiger partial charge in [0.05, 0.1) is 5.56 Å². The van der Waals surface area contributed by atoms with E-state index in [2.05, 4.69) is 29.7 Å². The van der Waals surface area contributed by atoms with Crippen LogP contribution in [0.2, 0.25) is 0 Å². The molecular weight excluding hydrogens is 260 g/mol. The van der Waals surface area contributed by atoms with E-state index in [1.807, 2.05) is 44.3 Å². The van der Waals surface area contributed by atoms with Crippen LogP contribution in [-0.2, 0) is 13.0 Å². The van der Waals surface area contributed by atoms with Crippen LogP contribution in [0, 0.1) is 6.92 Å². The van der Waals surface area contributed by atoms with Gasteiger partial charge in [-0.3, -0.25) is 4.79 Å². The Kier molecular flexibility index (Phi) is 4.99. The molecular formula is C18H22N2O. The molecule has 0 atom stereocenters. The number of hydrogen-bond acceptors (Lipinski definition) is 2. The van der Waals surface area contributed by atoms with Gasteiger partial charge in [-0.2, -0.15) is 0 Å². The number of nitrogens with one attached hydrogen (secondary N) is 2. The Hall–Kier alpha value is -2.29. The first-order chi connectivity index (χ1) is 10.2. The van der Waals surface area contributed by atoms with E-state index >= 15 is 0 Å². The van der Waals surface area contributed by atoms with Crippen LogP contribution < -0.4 is 10.6 Å². The molecule has 0 aliphatic carbocycles. The van der Waals surface area contributed by atoms with E-state index in [1.54, 1.807) is 0 Å². The maximum absolute atomic E-state index is 12.4. The first-order valence-corrected chi connectivity index (χ1v) is 7.29. The number of aryl methyl sites for hydroxylation is 2. The van der Waals surface area contributed by atoms with Crippen molar-refractivity contribution in [2.24, 2.45) is 0 Å². The van der Waals surface area contributed by atoms with Crippen molar-refractivity contribution in [2.75, 3.05) is 12.4 Å². The lowest BCUT2D eigenvalue weighted by Crippen LogP contribution is -2.24. The molecule has 2 N–H and O–H groups in total. The highest BCUT2D eigenvalue weighted by atomic mass is 16.1. The minimum absolute atomic E-state index is 0.0473. The fraction of sp³-hybridized carbons (Fsp3) is 0.278. The maximum atomic E-state index is 12.4. The van der Waals surface area contributed by atoms with Gasteiger partial charge < -0.3 is 10.6 Å². The second-order valence-electron chi connectivity index (χ2n) is 5.10. The Labute approximate surface area is 126 Å². The van der Waals surface area contributed by atoms with E-state index in [1.165, 1.54) is 11.1 Å². The number of carbonyl (C=O) groups excluding carboxylic acids is 1. The summed E-state index contributed by atoms with van der Waals surface area (Å²) < 4.78 is 0. The average Bonchev–Trinajstić information content (AvgIpc) is 2.52. The SMILES string of the molecule is CCc1ccccc1CNC(=O)c1cc(C)ccc1NC. The Balaban J connectivity index is 2.13. The van der Waals surface area contributed by atoms with Crippen LogP contribution in [0.15, 0.2) is 42.5 Å². The minimum Gasteiger partial charge on any atom is -0.387 e. The fourth-order valence-corrected chi connectivity index (χ4v) is 2.41. The molecule has 0 fully saturated rings. The molecule has 0 saturated heterocycles. The van der Waals surface area contributed by atoms with Gasteiger partial charge in [-0.1, -0.05) is 42.8 Å². The molecule has 0 spiro atoms. The van der Waals surface area contributed by atoms with Crippen molar-refractivity contribution in [3.8, 4) is 0 Å². The Morgan fingerprint density at radius 1 is 1.10 bits per heavy atom. The van der Waals surface area contributed by atoms with E-state index < -0.39 is 0 Å². The normalized spacial score (nSPS) is 10.2. The van der Waals surface area contributed by atoms with Crippen molar-refractivity contribution >= 4 is 11.6 Å². The number of benzene rings is 2. The third-order valence-electron chi connectivity index (χ3n) is 3.63. The van der Waals surface area contributed by atoms with Crippen molar-refractivity contribution < 1.29 is 4.79 Å². The number of hydrogen-bond donors (Lipinski definition) is 2. The van der Waals surface area contributed by atoms with Crippen LogP contribution in [0.4, 0.5) is 5.69 Å². The molecule has 3 nitrogen and oxygen atoms in total. The van der Waals surface area contributed by atoms with Crippen LogP contribution >= 0.6 is 0 Å². The van der Waals surface area contributed by atoms with Crippen molar-refractivity contribution in [3.05, 3.63) is 64.7 Å². The summed E-state index contributed by atoms with van der Waals surface area (Å²) in [5.41, 5.74) is 5.06. The van der Waals surface area contributed by atoms with Crippen molar-refractivity contribution in [2.45, 2.75) is 26.8 Å². The zero-order valence-corrected chi connectivity index (χ0v) is 12.9. The van der Waals surface area contributed by atoms with E-state index in [9.17, 15) is 4.79 Å². The van der Waals surface area contributed by atoms with Crippen LogP contribution in [-0.4, -0.2) is 13.0 Å². The fourth-order valence-electron chi connectivity index (χ4n) is 2.41. The van der Waals surface area contributed by atoms with E-state index in [0.29, 0.717) is 12.1 Å². The smallest absolute Gasteiger partial charge is 0.253 e. The van der Waals surface area contributed by atoms with Crippen LogP contribution in [0.5, 0.6) is 0 Å². The number of carbonyl (C=O) groups is 1. The lowest BCUT2D eigenvalue weighted by Gasteiger charge is -2.12. The molecule has 3 heteroatoms. The molecule has 0 radical (unpaired) electrons. The highest BCUT2D eigenvalue weighted by Gasteiger charge is 2.11. The molecule has 0 heterocycles. The third-order valence-corrected chi connectivity index (χ3v) is 3.63. The first-order valence-electron chi connectivity index (χ1n) is 7.29. The topological polar surface area (TPSA) is 41.1 Å². The Morgan fingerprint density at radius 3 is 2.48 bits per heavy atom. The number of anilines is 1. The average molecular weight is 282 g/mol. The van der Waals surface area contributed by atoms with Gasteiger partial charge in [-0.05, 0) is 36.6 Å². The summed E-state index contributed by atoms with van der Waals surface area (Å²) in [6, 6.07) is 14.0. The Bertz CT molecular complexity index is 635. The summed E-state index contributed by atoms with van der Waals surface area (Å²) >= 11 is 0. The standard InChI is InChI=1S/C18H22N2O/c1-4-14-7-5-6-8-15(14)12-20-18(21)16-11-13(2)9-10-17(16)19-3/h5-11,19H,4,12H2,1-3H3,(H,20,21). The molecule has 0 saturated carbocycles. The predicted octanol–water partition coefficient (Wildman–Crippen LogP) is 3.53. The molecule has 21 heavy (non-hydrogen) atoms. The van der Waals surface area contributed by atoms with Crippen molar-refractivity contribution in [1.29, 1.82) is 0 Å².